The Morgan fingerprint density at radius 3 is 2.28 bits per heavy atom. The molecule has 192 valence electrons. The Morgan fingerprint density at radius 1 is 1.14 bits per heavy atom. The van der Waals surface area contributed by atoms with Gasteiger partial charge in [0.25, 0.3) is 5.91 Å². The molecule has 0 bridgehead atoms. The minimum absolute atomic E-state index is 0.0274. The molecule has 4 rings (SSSR count). The first-order valence-corrected chi connectivity index (χ1v) is 11.3. The van der Waals surface area contributed by atoms with Crippen molar-refractivity contribution in [3.63, 3.8) is 0 Å². The highest BCUT2D eigenvalue weighted by Gasteiger charge is 2.69. The number of nitrogens with two attached hydrogens (primary N) is 1. The largest absolute Gasteiger partial charge is 0.508 e. The Morgan fingerprint density at radius 2 is 1.75 bits per heavy atom. The van der Waals surface area contributed by atoms with Crippen molar-refractivity contribution in [3.05, 3.63) is 45.7 Å². The molecule has 1 amide bonds. The third kappa shape index (κ3) is 3.12. The van der Waals surface area contributed by atoms with Crippen LogP contribution in [0.2, 0.25) is 0 Å². The number of amides is 1. The molecule has 3 unspecified atom stereocenters. The molecule has 0 heterocycles. The lowest BCUT2D eigenvalue weighted by Gasteiger charge is -2.54. The summed E-state index contributed by atoms with van der Waals surface area (Å²) < 4.78 is 5.62. The second kappa shape index (κ2) is 8.17. The van der Waals surface area contributed by atoms with Crippen molar-refractivity contribution in [1.29, 1.82) is 0 Å². The number of aromatic hydroxyl groups is 1. The predicted molar refractivity (Wildman–Crippen MR) is 125 cm³/mol. The van der Waals surface area contributed by atoms with Crippen LogP contribution in [-0.2, 0) is 23.9 Å². The van der Waals surface area contributed by atoms with Gasteiger partial charge in [0.05, 0.1) is 17.5 Å². The van der Waals surface area contributed by atoms with Gasteiger partial charge in [0.2, 0.25) is 5.78 Å². The number of hydrogen-bond acceptors (Lipinski definition) is 10. The number of esters is 1. The van der Waals surface area contributed by atoms with E-state index in [2.05, 4.69) is 0 Å². The number of fused-ring (bicyclic) bond motifs is 3. The summed E-state index contributed by atoms with van der Waals surface area (Å²) in [4.78, 5) is 53.0. The topological polar surface area (TPSA) is 188 Å². The number of aliphatic hydroxyl groups excluding tert-OH is 2. The molecule has 36 heavy (non-hydrogen) atoms. The Hall–Kier alpha value is -3.70. The molecule has 11 nitrogen and oxygen atoms in total. The number of benzene rings is 1. The molecule has 3 aliphatic rings. The van der Waals surface area contributed by atoms with Gasteiger partial charge < -0.3 is 30.9 Å². The highest BCUT2D eigenvalue weighted by molar-refractivity contribution is 6.24. The van der Waals surface area contributed by atoms with Gasteiger partial charge >= 0.3 is 5.97 Å². The molecule has 0 aromatic heterocycles. The molecular weight excluding hydrogens is 472 g/mol. The molecule has 6 N–H and O–H groups in total. The summed E-state index contributed by atoms with van der Waals surface area (Å²) in [6, 6.07) is 1.90. The summed E-state index contributed by atoms with van der Waals surface area (Å²) >= 11 is 0. The third-order valence-corrected chi connectivity index (χ3v) is 7.61. The first-order chi connectivity index (χ1) is 16.7. The molecular formula is C25H28N2O9. The van der Waals surface area contributed by atoms with Gasteiger partial charge in [0.1, 0.15) is 28.9 Å². The summed E-state index contributed by atoms with van der Waals surface area (Å²) in [5.74, 6) is -9.74. The lowest BCUT2D eigenvalue weighted by molar-refractivity contribution is -0.184. The highest BCUT2D eigenvalue weighted by Crippen LogP contribution is 2.57. The van der Waals surface area contributed by atoms with Gasteiger partial charge in [0, 0.05) is 18.4 Å². The number of likely N-dealkylation sites (N-methyl/N-ethyl adjacent to an activating group) is 1. The number of nitrogens with zero attached hydrogens (tertiary/aromatic N) is 1. The van der Waals surface area contributed by atoms with Crippen LogP contribution in [0.1, 0.15) is 36.5 Å². The van der Waals surface area contributed by atoms with E-state index in [9.17, 15) is 39.6 Å². The quantitative estimate of drug-likeness (QED) is 0.287. The number of aryl methyl sites for hydroxylation is 1. The Kier molecular flexibility index (Phi) is 5.76. The molecule has 1 fully saturated rings. The van der Waals surface area contributed by atoms with Crippen LogP contribution in [0.4, 0.5) is 0 Å². The first-order valence-electron chi connectivity index (χ1n) is 11.3. The number of carbonyl (C=O) groups is 4. The van der Waals surface area contributed by atoms with E-state index < -0.39 is 81.6 Å². The Labute approximate surface area is 206 Å². The fraction of sp³-hybridized carbons (Fsp3) is 0.440. The van der Waals surface area contributed by atoms with Crippen molar-refractivity contribution in [2.75, 3.05) is 14.1 Å². The molecule has 0 aliphatic heterocycles. The van der Waals surface area contributed by atoms with E-state index in [1.807, 2.05) is 0 Å². The molecule has 0 radical (unpaired) electrons. The zero-order chi connectivity index (χ0) is 27.0. The summed E-state index contributed by atoms with van der Waals surface area (Å²) in [7, 11) is 2.92. The highest BCUT2D eigenvalue weighted by atomic mass is 16.5. The lowest BCUT2D eigenvalue weighted by Crippen LogP contribution is -2.71. The van der Waals surface area contributed by atoms with Crippen molar-refractivity contribution in [2.24, 2.45) is 17.6 Å². The normalized spacial score (nSPS) is 31.7. The number of phenolic OH excluding ortho intramolecular Hbond substituents is 1. The molecule has 1 aromatic rings. The molecule has 1 aromatic carbocycles. The second-order valence-corrected chi connectivity index (χ2v) is 9.83. The van der Waals surface area contributed by atoms with E-state index >= 15 is 0 Å². The number of ketones is 2. The maximum absolute atomic E-state index is 14.0. The van der Waals surface area contributed by atoms with Crippen LogP contribution in [0.5, 0.6) is 5.75 Å². The predicted octanol–water partition coefficient (Wildman–Crippen LogP) is 0.375. The van der Waals surface area contributed by atoms with E-state index in [1.54, 1.807) is 26.0 Å². The molecule has 3 aliphatic carbocycles. The average Bonchev–Trinajstić information content (AvgIpc) is 2.77. The number of ether oxygens (including phenoxy) is 1. The summed E-state index contributed by atoms with van der Waals surface area (Å²) in [5.41, 5.74) is 1.89. The second-order valence-electron chi connectivity index (χ2n) is 9.83. The molecule has 0 spiro atoms. The van der Waals surface area contributed by atoms with Crippen LogP contribution in [-0.4, -0.2) is 80.6 Å². The first kappa shape index (κ1) is 25.4. The van der Waals surface area contributed by atoms with Crippen molar-refractivity contribution < 1.29 is 44.3 Å². The number of phenols is 1. The van der Waals surface area contributed by atoms with Gasteiger partial charge in [0.15, 0.2) is 11.4 Å². The number of hydrogen-bond donors (Lipinski definition) is 5. The zero-order valence-electron chi connectivity index (χ0n) is 20.4. The van der Waals surface area contributed by atoms with Crippen molar-refractivity contribution in [2.45, 2.75) is 44.4 Å². The van der Waals surface area contributed by atoms with E-state index in [0.717, 1.165) is 6.92 Å². The van der Waals surface area contributed by atoms with E-state index in [0.29, 0.717) is 11.1 Å². The smallest absolute Gasteiger partial charge is 0.302 e. The number of aliphatic hydroxyl groups is 3. The molecule has 6 atom stereocenters. The molecule has 11 heteroatoms. The average molecular weight is 501 g/mol. The summed E-state index contributed by atoms with van der Waals surface area (Å²) in [5, 5.41) is 44.8. The van der Waals surface area contributed by atoms with Crippen LogP contribution < -0.4 is 5.73 Å². The number of carbonyl (C=O) groups excluding carboxylic acids is 4. The number of primary amides is 1. The molecule has 1 saturated carbocycles. The minimum Gasteiger partial charge on any atom is -0.508 e. The SMILES string of the molecule is CC(=O)OC1C2C(=C(O)c3c(ccc(C)c3O)[C@@H]2C)C(=O)[C@]2(O)C(O)=C(C(N)=O)C(=O)[C@@H](N(C)C)C12. The van der Waals surface area contributed by atoms with Gasteiger partial charge in [-0.1, -0.05) is 19.1 Å². The van der Waals surface area contributed by atoms with Crippen LogP contribution >= 0.6 is 0 Å². The summed E-state index contributed by atoms with van der Waals surface area (Å²) in [6.45, 7) is 4.40. The van der Waals surface area contributed by atoms with Gasteiger partial charge in [-0.2, -0.15) is 0 Å². The monoisotopic (exact) mass is 500 g/mol. The van der Waals surface area contributed by atoms with Crippen LogP contribution in [0.15, 0.2) is 29.0 Å². The number of Topliss-reactive ketones (excluding diaryl/α,β-unsaturated/α-hetero) is 2. The lowest BCUT2D eigenvalue weighted by atomic mass is 9.54. The Bertz CT molecular complexity index is 1290. The standard InChI is InChI=1S/C25H28N2O9/c1-8-6-7-11-9(2)12-14(19(30)13(11)18(8)29)22(32)25(35)16(21(12)36-10(3)28)17(27(4)5)20(31)15(23(25)33)24(26)34/h6-7,9,12,16-17,21,29-30,33,35H,1-5H3,(H2,26,34)/t9-,12?,16?,17-,21?,25-/m0/s1. The van der Waals surface area contributed by atoms with Crippen LogP contribution in [0.3, 0.4) is 0 Å². The Balaban J connectivity index is 2.13. The fourth-order valence-corrected chi connectivity index (χ4v) is 6.02. The van der Waals surface area contributed by atoms with Gasteiger partial charge in [-0.3, -0.25) is 24.1 Å². The van der Waals surface area contributed by atoms with E-state index in [-0.39, 0.29) is 11.3 Å². The summed E-state index contributed by atoms with van der Waals surface area (Å²) in [6.07, 6.45) is -1.40. The molecule has 0 saturated heterocycles. The maximum atomic E-state index is 14.0. The minimum atomic E-state index is -2.94. The van der Waals surface area contributed by atoms with Gasteiger partial charge in [-0.25, -0.2) is 0 Å². The number of rotatable bonds is 3. The maximum Gasteiger partial charge on any atom is 0.302 e. The zero-order valence-corrected chi connectivity index (χ0v) is 20.4. The van der Waals surface area contributed by atoms with Crippen LogP contribution in [0, 0.1) is 18.8 Å². The van der Waals surface area contributed by atoms with Crippen molar-refractivity contribution in [1.82, 2.24) is 4.90 Å². The van der Waals surface area contributed by atoms with Crippen LogP contribution in [0.25, 0.3) is 5.76 Å². The van der Waals surface area contributed by atoms with E-state index in [1.165, 1.54) is 19.0 Å². The third-order valence-electron chi connectivity index (χ3n) is 7.61. The fourth-order valence-electron chi connectivity index (χ4n) is 6.02. The van der Waals surface area contributed by atoms with Gasteiger partial charge in [-0.15, -0.1) is 0 Å². The van der Waals surface area contributed by atoms with Gasteiger partial charge in [-0.05, 0) is 38.1 Å². The van der Waals surface area contributed by atoms with E-state index in [4.69, 9.17) is 10.5 Å². The van der Waals surface area contributed by atoms with Crippen molar-refractivity contribution >= 4 is 29.2 Å². The van der Waals surface area contributed by atoms with Crippen molar-refractivity contribution in [3.8, 4) is 5.75 Å².